The number of H-pyrrole nitrogens is 1. The highest BCUT2D eigenvalue weighted by Crippen LogP contribution is 2.24. The van der Waals surface area contributed by atoms with Crippen LogP contribution in [0.15, 0.2) is 30.5 Å². The van der Waals surface area contributed by atoms with Gasteiger partial charge in [0.05, 0.1) is 24.6 Å². The topological polar surface area (TPSA) is 55.0 Å². The summed E-state index contributed by atoms with van der Waals surface area (Å²) in [4.78, 5) is 11.6. The maximum Gasteiger partial charge on any atom is 0.338 e. The Bertz CT molecular complexity index is 517. The smallest absolute Gasteiger partial charge is 0.338 e. The van der Waals surface area contributed by atoms with Crippen molar-refractivity contribution in [1.82, 2.24) is 10.2 Å². The quantitative estimate of drug-likeness (QED) is 0.783. The molecule has 1 N–H and O–H groups in total. The fraction of sp³-hybridized carbons (Fsp3) is 0.167. The van der Waals surface area contributed by atoms with Crippen molar-refractivity contribution in [2.45, 2.75) is 6.92 Å². The number of aromatic amines is 1. The first-order chi connectivity index (χ1) is 7.74. The third-order valence-electron chi connectivity index (χ3n) is 2.43. The highest BCUT2D eigenvalue weighted by atomic mass is 16.5. The van der Waals surface area contributed by atoms with Crippen LogP contribution >= 0.6 is 0 Å². The van der Waals surface area contributed by atoms with Gasteiger partial charge in [-0.15, -0.1) is 0 Å². The van der Waals surface area contributed by atoms with Gasteiger partial charge in [0, 0.05) is 5.56 Å². The molecule has 0 unspecified atom stereocenters. The van der Waals surface area contributed by atoms with E-state index < -0.39 is 0 Å². The molecule has 0 aliphatic heterocycles. The van der Waals surface area contributed by atoms with Crippen molar-refractivity contribution >= 4 is 5.97 Å². The molecule has 0 amide bonds. The van der Waals surface area contributed by atoms with Crippen LogP contribution in [0.1, 0.15) is 15.9 Å². The van der Waals surface area contributed by atoms with E-state index in [0.29, 0.717) is 5.56 Å². The number of esters is 1. The largest absolute Gasteiger partial charge is 0.465 e. The zero-order valence-electron chi connectivity index (χ0n) is 9.15. The van der Waals surface area contributed by atoms with Crippen LogP contribution in [0.5, 0.6) is 0 Å². The summed E-state index contributed by atoms with van der Waals surface area (Å²) < 4.78 is 4.74. The van der Waals surface area contributed by atoms with Crippen LogP contribution in [0.4, 0.5) is 0 Å². The molecule has 0 spiro atoms. The Kier molecular flexibility index (Phi) is 2.72. The van der Waals surface area contributed by atoms with Gasteiger partial charge in [-0.05, 0) is 18.6 Å². The van der Waals surface area contributed by atoms with Crippen molar-refractivity contribution in [1.29, 1.82) is 0 Å². The molecule has 1 aromatic carbocycles. The summed E-state index contributed by atoms with van der Waals surface area (Å²) in [5.74, 6) is -0.343. The van der Waals surface area contributed by atoms with E-state index >= 15 is 0 Å². The molecule has 0 saturated carbocycles. The molecule has 16 heavy (non-hydrogen) atoms. The number of rotatable bonds is 2. The van der Waals surface area contributed by atoms with E-state index in [1.807, 2.05) is 19.1 Å². The van der Waals surface area contributed by atoms with Crippen LogP contribution in [0.3, 0.4) is 0 Å². The maximum atomic E-state index is 11.6. The summed E-state index contributed by atoms with van der Waals surface area (Å²) in [5.41, 5.74) is 3.19. The third-order valence-corrected chi connectivity index (χ3v) is 2.43. The Balaban J connectivity index is 2.57. The minimum atomic E-state index is -0.343. The Labute approximate surface area is 93.3 Å². The Morgan fingerprint density at radius 1 is 1.38 bits per heavy atom. The Morgan fingerprint density at radius 2 is 2.12 bits per heavy atom. The van der Waals surface area contributed by atoms with Crippen molar-refractivity contribution in [2.75, 3.05) is 7.11 Å². The monoisotopic (exact) mass is 216 g/mol. The van der Waals surface area contributed by atoms with Gasteiger partial charge in [-0.25, -0.2) is 4.79 Å². The molecule has 0 aliphatic carbocycles. The number of carbonyl (C=O) groups excluding carboxylic acids is 1. The summed E-state index contributed by atoms with van der Waals surface area (Å²) in [5, 5.41) is 6.83. The molecule has 4 nitrogen and oxygen atoms in total. The lowest BCUT2D eigenvalue weighted by molar-refractivity contribution is 0.0601. The molecule has 0 fully saturated rings. The number of carbonyl (C=O) groups is 1. The van der Waals surface area contributed by atoms with Crippen LogP contribution in [0, 0.1) is 6.92 Å². The SMILES string of the molecule is COC(=O)c1ccccc1-c1[nH]ncc1C. The average molecular weight is 216 g/mol. The summed E-state index contributed by atoms with van der Waals surface area (Å²) >= 11 is 0. The summed E-state index contributed by atoms with van der Waals surface area (Å²) in [6, 6.07) is 7.29. The fourth-order valence-corrected chi connectivity index (χ4v) is 1.61. The van der Waals surface area contributed by atoms with Gasteiger partial charge in [0.15, 0.2) is 0 Å². The van der Waals surface area contributed by atoms with Gasteiger partial charge in [-0.1, -0.05) is 18.2 Å². The second kappa shape index (κ2) is 4.18. The van der Waals surface area contributed by atoms with E-state index in [9.17, 15) is 4.79 Å². The lowest BCUT2D eigenvalue weighted by atomic mass is 10.0. The van der Waals surface area contributed by atoms with Gasteiger partial charge in [0.1, 0.15) is 0 Å². The molecular weight excluding hydrogens is 204 g/mol. The minimum Gasteiger partial charge on any atom is -0.465 e. The number of hydrogen-bond donors (Lipinski definition) is 1. The molecule has 4 heteroatoms. The van der Waals surface area contributed by atoms with E-state index in [4.69, 9.17) is 4.74 Å². The molecule has 2 rings (SSSR count). The van der Waals surface area contributed by atoms with Crippen LogP contribution in [-0.4, -0.2) is 23.3 Å². The zero-order valence-corrected chi connectivity index (χ0v) is 9.15. The molecular formula is C12H12N2O2. The van der Waals surface area contributed by atoms with Gasteiger partial charge in [-0.3, -0.25) is 5.10 Å². The standard InChI is InChI=1S/C12H12N2O2/c1-8-7-13-14-11(8)9-5-3-4-6-10(9)12(15)16-2/h3-7H,1-2H3,(H,13,14). The van der Waals surface area contributed by atoms with E-state index in [1.54, 1.807) is 18.3 Å². The number of aryl methyl sites for hydroxylation is 1. The molecule has 0 aliphatic rings. The van der Waals surface area contributed by atoms with E-state index in [0.717, 1.165) is 16.8 Å². The number of benzene rings is 1. The third kappa shape index (κ3) is 1.69. The highest BCUT2D eigenvalue weighted by Gasteiger charge is 2.14. The molecule has 0 atom stereocenters. The predicted octanol–water partition coefficient (Wildman–Crippen LogP) is 2.17. The van der Waals surface area contributed by atoms with Crippen molar-refractivity contribution < 1.29 is 9.53 Å². The average Bonchev–Trinajstić information content (AvgIpc) is 2.74. The lowest BCUT2D eigenvalue weighted by Crippen LogP contribution is -2.03. The van der Waals surface area contributed by atoms with Gasteiger partial charge in [-0.2, -0.15) is 5.10 Å². The highest BCUT2D eigenvalue weighted by molar-refractivity contribution is 5.96. The summed E-state index contributed by atoms with van der Waals surface area (Å²) in [6.07, 6.45) is 1.73. The van der Waals surface area contributed by atoms with E-state index in [-0.39, 0.29) is 5.97 Å². The summed E-state index contributed by atoms with van der Waals surface area (Å²) in [7, 11) is 1.37. The molecule has 0 radical (unpaired) electrons. The Morgan fingerprint density at radius 3 is 2.75 bits per heavy atom. The molecule has 0 saturated heterocycles. The molecule has 2 aromatic rings. The number of nitrogens with zero attached hydrogens (tertiary/aromatic N) is 1. The van der Waals surface area contributed by atoms with Crippen LogP contribution in [-0.2, 0) is 4.74 Å². The first-order valence-electron chi connectivity index (χ1n) is 4.91. The van der Waals surface area contributed by atoms with Crippen molar-refractivity contribution in [3.05, 3.63) is 41.6 Å². The van der Waals surface area contributed by atoms with Crippen LogP contribution in [0.25, 0.3) is 11.3 Å². The van der Waals surface area contributed by atoms with Gasteiger partial charge >= 0.3 is 5.97 Å². The zero-order chi connectivity index (χ0) is 11.5. The van der Waals surface area contributed by atoms with Gasteiger partial charge < -0.3 is 4.74 Å². The number of ether oxygens (including phenoxy) is 1. The Hall–Kier alpha value is -2.10. The molecule has 82 valence electrons. The predicted molar refractivity (Wildman–Crippen MR) is 60.1 cm³/mol. The van der Waals surface area contributed by atoms with Gasteiger partial charge in [0.2, 0.25) is 0 Å². The van der Waals surface area contributed by atoms with Crippen LogP contribution in [0.2, 0.25) is 0 Å². The lowest BCUT2D eigenvalue weighted by Gasteiger charge is -2.06. The first kappa shape index (κ1) is 10.4. The minimum absolute atomic E-state index is 0.343. The van der Waals surface area contributed by atoms with E-state index in [1.165, 1.54) is 7.11 Å². The number of methoxy groups -OCH3 is 1. The number of nitrogens with one attached hydrogen (secondary N) is 1. The second-order valence-corrected chi connectivity index (χ2v) is 3.47. The second-order valence-electron chi connectivity index (χ2n) is 3.47. The molecule has 0 bridgehead atoms. The first-order valence-corrected chi connectivity index (χ1v) is 4.91. The normalized spacial score (nSPS) is 10.1. The molecule has 1 heterocycles. The summed E-state index contributed by atoms with van der Waals surface area (Å²) in [6.45, 7) is 1.94. The van der Waals surface area contributed by atoms with Gasteiger partial charge in [0.25, 0.3) is 0 Å². The van der Waals surface area contributed by atoms with Crippen LogP contribution < -0.4 is 0 Å². The molecule has 1 aromatic heterocycles. The van der Waals surface area contributed by atoms with Crippen molar-refractivity contribution in [3.63, 3.8) is 0 Å². The maximum absolute atomic E-state index is 11.6. The number of aromatic nitrogens is 2. The van der Waals surface area contributed by atoms with Crippen molar-refractivity contribution in [3.8, 4) is 11.3 Å². The van der Waals surface area contributed by atoms with Crippen molar-refractivity contribution in [2.24, 2.45) is 0 Å². The number of hydrogen-bond acceptors (Lipinski definition) is 3. The fourth-order valence-electron chi connectivity index (χ4n) is 1.61. The van der Waals surface area contributed by atoms with E-state index in [2.05, 4.69) is 10.2 Å².